The van der Waals surface area contributed by atoms with Crippen molar-refractivity contribution in [2.45, 2.75) is 40.8 Å². The molecular weight excluding hydrogens is 238 g/mol. The number of carbonyl (C=O) groups is 1. The lowest BCUT2D eigenvalue weighted by atomic mass is 10.0. The van der Waals surface area contributed by atoms with Gasteiger partial charge in [-0.3, -0.25) is 4.79 Å². The molecule has 1 fully saturated rings. The molecule has 3 heteroatoms. The van der Waals surface area contributed by atoms with E-state index in [4.69, 9.17) is 5.11 Å². The van der Waals surface area contributed by atoms with Crippen LogP contribution in [0.4, 0.5) is 0 Å². The van der Waals surface area contributed by atoms with Crippen molar-refractivity contribution in [3.63, 3.8) is 0 Å². The number of hydrogen-bond acceptors (Lipinski definition) is 2. The number of hydrogen-bond donors (Lipinski definition) is 2. The van der Waals surface area contributed by atoms with Crippen LogP contribution in [-0.4, -0.2) is 11.0 Å². The summed E-state index contributed by atoms with van der Waals surface area (Å²) in [6.07, 6.45) is 0. The molecule has 1 aromatic carbocycles. The molecule has 0 radical (unpaired) electrons. The lowest BCUT2D eigenvalue weighted by Gasteiger charge is -2.07. The summed E-state index contributed by atoms with van der Waals surface area (Å²) in [6, 6.07) is 7.64. The van der Waals surface area contributed by atoms with E-state index in [1.807, 2.05) is 24.3 Å². The van der Waals surface area contributed by atoms with Crippen molar-refractivity contribution >= 4 is 5.91 Å². The predicted molar refractivity (Wildman–Crippen MR) is 75.3 cm³/mol. The Balaban J connectivity index is 1.91. The fraction of sp³-hybridized carbons (Fsp3) is 0.562. The molecule has 1 aliphatic carbocycles. The zero-order chi connectivity index (χ0) is 14.3. The largest absolute Gasteiger partial charge is 0.392 e. The molecule has 0 heterocycles. The third-order valence-electron chi connectivity index (χ3n) is 4.96. The van der Waals surface area contributed by atoms with Gasteiger partial charge in [0.2, 0.25) is 5.91 Å². The van der Waals surface area contributed by atoms with E-state index in [1.54, 1.807) is 0 Å². The Labute approximate surface area is 115 Å². The predicted octanol–water partition coefficient (Wildman–Crippen LogP) is 2.48. The second-order valence-corrected chi connectivity index (χ2v) is 6.57. The molecular formula is C16H23NO2. The maximum Gasteiger partial charge on any atom is 0.224 e. The minimum atomic E-state index is 0.0527. The van der Waals surface area contributed by atoms with Gasteiger partial charge in [0.15, 0.2) is 0 Å². The second-order valence-electron chi connectivity index (χ2n) is 6.57. The first-order valence-electron chi connectivity index (χ1n) is 6.77. The summed E-state index contributed by atoms with van der Waals surface area (Å²) in [7, 11) is 0. The number of carbonyl (C=O) groups excluding carboxylic acids is 1. The summed E-state index contributed by atoms with van der Waals surface area (Å²) in [5.41, 5.74) is 2.11. The van der Waals surface area contributed by atoms with Crippen LogP contribution in [0, 0.1) is 16.7 Å². The summed E-state index contributed by atoms with van der Waals surface area (Å²) in [6.45, 7) is 9.19. The van der Waals surface area contributed by atoms with Gasteiger partial charge >= 0.3 is 0 Å². The highest BCUT2D eigenvalue weighted by Gasteiger charge is 2.68. The number of aliphatic hydroxyl groups excluding tert-OH is 1. The fourth-order valence-corrected chi connectivity index (χ4v) is 2.91. The van der Waals surface area contributed by atoms with E-state index < -0.39 is 0 Å². The molecule has 3 nitrogen and oxygen atoms in total. The zero-order valence-electron chi connectivity index (χ0n) is 12.2. The minimum absolute atomic E-state index is 0.0527. The normalized spacial score (nSPS) is 20.1. The van der Waals surface area contributed by atoms with Gasteiger partial charge in [-0.05, 0) is 22.0 Å². The van der Waals surface area contributed by atoms with E-state index in [0.29, 0.717) is 6.54 Å². The molecule has 0 saturated heterocycles. The van der Waals surface area contributed by atoms with Crippen LogP contribution < -0.4 is 5.32 Å². The van der Waals surface area contributed by atoms with E-state index in [1.165, 1.54) is 0 Å². The molecule has 1 saturated carbocycles. The Bertz CT molecular complexity index is 460. The Hall–Kier alpha value is -1.35. The van der Waals surface area contributed by atoms with Crippen molar-refractivity contribution in [3.8, 4) is 0 Å². The molecule has 19 heavy (non-hydrogen) atoms. The molecule has 1 amide bonds. The van der Waals surface area contributed by atoms with Crippen LogP contribution in [0.1, 0.15) is 38.8 Å². The van der Waals surface area contributed by atoms with Crippen molar-refractivity contribution in [2.75, 3.05) is 0 Å². The van der Waals surface area contributed by atoms with E-state index in [-0.39, 0.29) is 29.3 Å². The van der Waals surface area contributed by atoms with Crippen LogP contribution in [0.2, 0.25) is 0 Å². The zero-order valence-corrected chi connectivity index (χ0v) is 12.2. The van der Waals surface area contributed by atoms with Gasteiger partial charge in [0.05, 0.1) is 6.61 Å². The molecule has 1 aromatic rings. The Morgan fingerprint density at radius 3 is 2.00 bits per heavy atom. The summed E-state index contributed by atoms with van der Waals surface area (Å²) >= 11 is 0. The van der Waals surface area contributed by atoms with Crippen molar-refractivity contribution in [3.05, 3.63) is 35.4 Å². The molecule has 2 rings (SSSR count). The number of aliphatic hydroxyl groups is 1. The first-order valence-corrected chi connectivity index (χ1v) is 6.77. The molecule has 104 valence electrons. The van der Waals surface area contributed by atoms with Gasteiger partial charge in [-0.15, -0.1) is 0 Å². The van der Waals surface area contributed by atoms with Gasteiger partial charge in [0.1, 0.15) is 0 Å². The molecule has 0 atom stereocenters. The lowest BCUT2D eigenvalue weighted by Crippen LogP contribution is -2.26. The standard InChI is InChI=1S/C16H23NO2/c1-15(2)13(16(15,3)4)14(19)17-9-11-5-7-12(10-18)8-6-11/h5-8,13,18H,9-10H2,1-4H3,(H,17,19). The van der Waals surface area contributed by atoms with Crippen LogP contribution in [0.5, 0.6) is 0 Å². The van der Waals surface area contributed by atoms with Crippen LogP contribution in [0.3, 0.4) is 0 Å². The first kappa shape index (κ1) is 14.1. The number of amides is 1. The van der Waals surface area contributed by atoms with Crippen LogP contribution >= 0.6 is 0 Å². The molecule has 0 aliphatic heterocycles. The monoisotopic (exact) mass is 261 g/mol. The topological polar surface area (TPSA) is 49.3 Å². The van der Waals surface area contributed by atoms with E-state index in [0.717, 1.165) is 11.1 Å². The maximum absolute atomic E-state index is 12.2. The van der Waals surface area contributed by atoms with Gasteiger partial charge < -0.3 is 10.4 Å². The van der Waals surface area contributed by atoms with Crippen molar-refractivity contribution in [2.24, 2.45) is 16.7 Å². The quantitative estimate of drug-likeness (QED) is 0.874. The lowest BCUT2D eigenvalue weighted by molar-refractivity contribution is -0.123. The first-order chi connectivity index (χ1) is 8.80. The van der Waals surface area contributed by atoms with Gasteiger partial charge in [0, 0.05) is 12.5 Å². The Morgan fingerprint density at radius 1 is 1.11 bits per heavy atom. The van der Waals surface area contributed by atoms with Gasteiger partial charge in [-0.25, -0.2) is 0 Å². The van der Waals surface area contributed by atoms with Crippen LogP contribution in [0.15, 0.2) is 24.3 Å². The van der Waals surface area contributed by atoms with E-state index in [9.17, 15) is 4.79 Å². The average molecular weight is 261 g/mol. The fourth-order valence-electron chi connectivity index (χ4n) is 2.91. The third kappa shape index (κ3) is 2.39. The molecule has 0 bridgehead atoms. The summed E-state index contributed by atoms with van der Waals surface area (Å²) < 4.78 is 0. The maximum atomic E-state index is 12.2. The smallest absolute Gasteiger partial charge is 0.224 e. The number of benzene rings is 1. The van der Waals surface area contributed by atoms with Crippen molar-refractivity contribution in [1.29, 1.82) is 0 Å². The van der Waals surface area contributed by atoms with Crippen molar-refractivity contribution < 1.29 is 9.90 Å². The highest BCUT2D eigenvalue weighted by molar-refractivity contribution is 5.84. The highest BCUT2D eigenvalue weighted by atomic mass is 16.3. The van der Waals surface area contributed by atoms with Gasteiger partial charge in [0.25, 0.3) is 0 Å². The second kappa shape index (κ2) is 4.64. The molecule has 1 aliphatic rings. The average Bonchev–Trinajstić information content (AvgIpc) is 2.77. The number of nitrogens with one attached hydrogen (secondary N) is 1. The van der Waals surface area contributed by atoms with Crippen molar-refractivity contribution in [1.82, 2.24) is 5.32 Å². The Kier molecular flexibility index (Phi) is 3.43. The molecule has 2 N–H and O–H groups in total. The molecule has 0 spiro atoms. The van der Waals surface area contributed by atoms with Gasteiger partial charge in [-0.1, -0.05) is 52.0 Å². The number of rotatable bonds is 4. The SMILES string of the molecule is CC1(C)C(C(=O)NCc2ccc(CO)cc2)C1(C)C. The molecule has 0 unspecified atom stereocenters. The van der Waals surface area contributed by atoms with Crippen LogP contribution in [-0.2, 0) is 17.9 Å². The molecule has 0 aromatic heterocycles. The van der Waals surface area contributed by atoms with Gasteiger partial charge in [-0.2, -0.15) is 0 Å². The summed E-state index contributed by atoms with van der Waals surface area (Å²) in [5, 5.41) is 12.0. The highest BCUT2D eigenvalue weighted by Crippen LogP contribution is 2.68. The minimum Gasteiger partial charge on any atom is -0.392 e. The van der Waals surface area contributed by atoms with Crippen LogP contribution in [0.25, 0.3) is 0 Å². The summed E-state index contributed by atoms with van der Waals surface area (Å²) in [5.74, 6) is 0.234. The third-order valence-corrected chi connectivity index (χ3v) is 4.96. The van der Waals surface area contributed by atoms with E-state index in [2.05, 4.69) is 33.0 Å². The Morgan fingerprint density at radius 2 is 1.58 bits per heavy atom. The van der Waals surface area contributed by atoms with E-state index >= 15 is 0 Å². The summed E-state index contributed by atoms with van der Waals surface area (Å²) in [4.78, 5) is 12.2.